The summed E-state index contributed by atoms with van der Waals surface area (Å²) in [6.45, 7) is 2.71. The van der Waals surface area contributed by atoms with E-state index in [1.807, 2.05) is 54.4 Å². The number of hydrogen-bond donors (Lipinski definition) is 0. The lowest BCUT2D eigenvalue weighted by molar-refractivity contribution is -0.128. The first-order valence-corrected chi connectivity index (χ1v) is 11.8. The molecule has 0 fully saturated rings. The highest BCUT2D eigenvalue weighted by Gasteiger charge is 2.28. The summed E-state index contributed by atoms with van der Waals surface area (Å²) in [6, 6.07) is 18.1. The Morgan fingerprint density at radius 2 is 1.78 bits per heavy atom. The zero-order chi connectivity index (χ0) is 24.5. The molecule has 7 heteroatoms. The highest BCUT2D eigenvalue weighted by Crippen LogP contribution is 2.38. The average Bonchev–Trinajstić information content (AvgIpc) is 3.18. The number of ether oxygens (including phenoxy) is 2. The molecule has 1 unspecified atom stereocenters. The Bertz CT molecular complexity index is 1430. The lowest BCUT2D eigenvalue weighted by atomic mass is 9.92. The van der Waals surface area contributed by atoms with Crippen LogP contribution in [-0.4, -0.2) is 41.1 Å². The molecule has 6 nitrogen and oxygen atoms in total. The van der Waals surface area contributed by atoms with Crippen molar-refractivity contribution in [2.75, 3.05) is 20.8 Å². The summed E-state index contributed by atoms with van der Waals surface area (Å²) in [4.78, 5) is 19.9. The zero-order valence-electron chi connectivity index (χ0n) is 20.9. The summed E-state index contributed by atoms with van der Waals surface area (Å²) < 4.78 is 13.1. The first-order valence-electron chi connectivity index (χ1n) is 11.8. The third-order valence-corrected chi connectivity index (χ3v) is 6.89. The molecule has 186 valence electrons. The molecule has 2 aromatic carbocycles. The fraction of sp³-hybridized carbons (Fsp3) is 0.241. The van der Waals surface area contributed by atoms with E-state index in [-0.39, 0.29) is 24.4 Å². The van der Waals surface area contributed by atoms with E-state index in [0.29, 0.717) is 12.3 Å². The number of methoxy groups -OCH3 is 2. The van der Waals surface area contributed by atoms with Crippen molar-refractivity contribution in [3.63, 3.8) is 0 Å². The van der Waals surface area contributed by atoms with E-state index >= 15 is 0 Å². The predicted octanol–water partition coefficient (Wildman–Crippen LogP) is 5.84. The summed E-state index contributed by atoms with van der Waals surface area (Å²) in [5.41, 5.74) is 6.29. The van der Waals surface area contributed by atoms with Gasteiger partial charge in [-0.1, -0.05) is 30.3 Å². The molecule has 36 heavy (non-hydrogen) atoms. The van der Waals surface area contributed by atoms with Crippen molar-refractivity contribution in [1.29, 1.82) is 0 Å². The van der Waals surface area contributed by atoms with Gasteiger partial charge in [0.25, 0.3) is 0 Å². The van der Waals surface area contributed by atoms with Gasteiger partial charge in [-0.3, -0.25) is 4.79 Å². The number of pyridine rings is 1. The summed E-state index contributed by atoms with van der Waals surface area (Å²) in [7, 11) is 5.29. The number of amides is 1. The van der Waals surface area contributed by atoms with E-state index in [9.17, 15) is 4.79 Å². The van der Waals surface area contributed by atoms with Crippen LogP contribution in [0.5, 0.6) is 11.5 Å². The zero-order valence-corrected chi connectivity index (χ0v) is 21.7. The largest absolute Gasteiger partial charge is 0.493 e. The van der Waals surface area contributed by atoms with Crippen LogP contribution >= 0.6 is 12.4 Å². The van der Waals surface area contributed by atoms with Gasteiger partial charge in [-0.2, -0.15) is 0 Å². The van der Waals surface area contributed by atoms with Crippen molar-refractivity contribution in [3.8, 4) is 22.8 Å². The molecule has 1 amide bonds. The molecule has 0 aliphatic carbocycles. The maximum atomic E-state index is 13.4. The Kier molecular flexibility index (Phi) is 7.36. The summed E-state index contributed by atoms with van der Waals surface area (Å²) in [6.07, 6.45) is 6.20. The molecule has 1 aliphatic heterocycles. The Labute approximate surface area is 217 Å². The van der Waals surface area contributed by atoms with Gasteiger partial charge in [0.05, 0.1) is 26.0 Å². The number of halogens is 1. The van der Waals surface area contributed by atoms with Crippen LogP contribution in [-0.2, 0) is 18.3 Å². The van der Waals surface area contributed by atoms with Crippen molar-refractivity contribution in [2.45, 2.75) is 19.4 Å². The van der Waals surface area contributed by atoms with Crippen molar-refractivity contribution >= 4 is 35.4 Å². The third-order valence-electron chi connectivity index (χ3n) is 6.89. The molecule has 0 N–H and O–H groups in total. The number of carbonyl (C=O) groups excluding carboxylic acids is 1. The predicted molar refractivity (Wildman–Crippen MR) is 146 cm³/mol. The third kappa shape index (κ3) is 4.33. The van der Waals surface area contributed by atoms with Crippen LogP contribution < -0.4 is 9.47 Å². The second-order valence-electron chi connectivity index (χ2n) is 8.76. The number of carbonyl (C=O) groups is 1. The van der Waals surface area contributed by atoms with Gasteiger partial charge in [0.1, 0.15) is 5.65 Å². The van der Waals surface area contributed by atoms with E-state index in [2.05, 4.69) is 34.7 Å². The molecule has 1 aliphatic rings. The Balaban J connectivity index is 0.00000304. The first-order chi connectivity index (χ1) is 17.0. The SMILES string of the molecule is COc1cc2c(cc1OC)C(C)N(C(=O)/C=C/c1c(-c3ccccc3)n(C)c3ncccc13)CC2.Cl. The molecule has 4 aromatic rings. The molecule has 1 atom stereocenters. The quantitative estimate of drug-likeness (QED) is 0.321. The highest BCUT2D eigenvalue weighted by molar-refractivity contribution is 6.00. The molecular formula is C29H30ClN3O3. The molecule has 0 bridgehead atoms. The van der Waals surface area contributed by atoms with Crippen LogP contribution in [0.3, 0.4) is 0 Å². The number of benzene rings is 2. The second kappa shape index (κ2) is 10.5. The number of fused-ring (bicyclic) bond motifs is 2. The fourth-order valence-corrected chi connectivity index (χ4v) is 5.10. The molecular weight excluding hydrogens is 474 g/mol. The van der Waals surface area contributed by atoms with Gasteiger partial charge >= 0.3 is 0 Å². The van der Waals surface area contributed by atoms with Crippen LogP contribution in [0.15, 0.2) is 66.9 Å². The van der Waals surface area contributed by atoms with E-state index in [1.165, 1.54) is 5.56 Å². The smallest absolute Gasteiger partial charge is 0.247 e. The molecule has 3 heterocycles. The number of aryl methyl sites for hydroxylation is 1. The number of rotatable bonds is 5. The topological polar surface area (TPSA) is 56.6 Å². The standard InChI is InChI=1S/C29H29N3O3.ClH/c1-19-24-18-26(35-4)25(34-3)17-21(24)14-16-32(19)27(33)13-12-22-23-11-8-15-30-29(23)31(2)28(22)20-9-6-5-7-10-20;/h5-13,15,17-19H,14,16H2,1-4H3;1H/b13-12+;. The minimum Gasteiger partial charge on any atom is -0.493 e. The number of hydrogen-bond acceptors (Lipinski definition) is 4. The normalized spacial score (nSPS) is 15.0. The van der Waals surface area contributed by atoms with Crippen molar-refractivity contribution in [3.05, 3.63) is 83.6 Å². The number of nitrogens with zero attached hydrogens (tertiary/aromatic N) is 3. The Morgan fingerprint density at radius 1 is 1.06 bits per heavy atom. The van der Waals surface area contributed by atoms with Crippen LogP contribution in [0.4, 0.5) is 0 Å². The first kappa shape index (κ1) is 25.3. The van der Waals surface area contributed by atoms with Gasteiger partial charge in [-0.15, -0.1) is 12.4 Å². The minimum absolute atomic E-state index is 0. The lowest BCUT2D eigenvalue weighted by Gasteiger charge is -2.35. The van der Waals surface area contributed by atoms with Crippen molar-refractivity contribution < 1.29 is 14.3 Å². The van der Waals surface area contributed by atoms with Gasteiger partial charge in [-0.25, -0.2) is 4.98 Å². The van der Waals surface area contributed by atoms with Crippen LogP contribution in [0.2, 0.25) is 0 Å². The Morgan fingerprint density at radius 3 is 2.50 bits per heavy atom. The highest BCUT2D eigenvalue weighted by atomic mass is 35.5. The molecule has 0 saturated carbocycles. The average molecular weight is 504 g/mol. The summed E-state index contributed by atoms with van der Waals surface area (Å²) in [5, 5.41) is 1.02. The summed E-state index contributed by atoms with van der Waals surface area (Å²) >= 11 is 0. The maximum absolute atomic E-state index is 13.4. The van der Waals surface area contributed by atoms with E-state index in [4.69, 9.17) is 9.47 Å². The van der Waals surface area contributed by atoms with Gasteiger partial charge < -0.3 is 18.9 Å². The maximum Gasteiger partial charge on any atom is 0.247 e. The van der Waals surface area contributed by atoms with Gasteiger partial charge in [0.15, 0.2) is 11.5 Å². The summed E-state index contributed by atoms with van der Waals surface area (Å²) in [5.74, 6) is 1.38. The monoisotopic (exact) mass is 503 g/mol. The van der Waals surface area contributed by atoms with Crippen molar-refractivity contribution in [2.24, 2.45) is 7.05 Å². The van der Waals surface area contributed by atoms with E-state index in [0.717, 1.165) is 45.6 Å². The van der Waals surface area contributed by atoms with E-state index in [1.54, 1.807) is 26.5 Å². The molecule has 0 saturated heterocycles. The van der Waals surface area contributed by atoms with Gasteiger partial charge in [-0.05, 0) is 60.4 Å². The Hall–Kier alpha value is -3.77. The van der Waals surface area contributed by atoms with Gasteiger partial charge in [0, 0.05) is 36.8 Å². The molecule has 2 aromatic heterocycles. The van der Waals surface area contributed by atoms with Crippen LogP contribution in [0, 0.1) is 0 Å². The van der Waals surface area contributed by atoms with Crippen LogP contribution in [0.25, 0.3) is 28.4 Å². The second-order valence-corrected chi connectivity index (χ2v) is 8.76. The van der Waals surface area contributed by atoms with E-state index < -0.39 is 0 Å². The van der Waals surface area contributed by atoms with Crippen molar-refractivity contribution in [1.82, 2.24) is 14.5 Å². The number of aromatic nitrogens is 2. The fourth-order valence-electron chi connectivity index (χ4n) is 5.10. The molecule has 5 rings (SSSR count). The van der Waals surface area contributed by atoms with Crippen LogP contribution in [0.1, 0.15) is 29.7 Å². The molecule has 0 radical (unpaired) electrons. The lowest BCUT2D eigenvalue weighted by Crippen LogP contribution is -2.37. The molecule has 0 spiro atoms. The van der Waals surface area contributed by atoms with Gasteiger partial charge in [0.2, 0.25) is 5.91 Å². The minimum atomic E-state index is -0.0708.